The molecular weight excluding hydrogens is 317 g/mol. The van der Waals surface area contributed by atoms with Crippen molar-refractivity contribution in [2.45, 2.75) is 57.0 Å². The Hall–Kier alpha value is -0.280. The zero-order chi connectivity index (χ0) is 16.4. The Bertz CT molecular complexity index is 433. The molecule has 0 radical (unpaired) electrons. The van der Waals surface area contributed by atoms with Crippen LogP contribution in [0.3, 0.4) is 0 Å². The third-order valence-corrected chi connectivity index (χ3v) is 9.48. The van der Waals surface area contributed by atoms with Gasteiger partial charge in [0, 0.05) is 16.9 Å². The summed E-state index contributed by atoms with van der Waals surface area (Å²) in [6.45, 7) is 8.01. The average Bonchev–Trinajstić information content (AvgIpc) is 2.25. The topological polar surface area (TPSA) is 64.0 Å². The minimum atomic E-state index is -5.59. The molecule has 0 aliphatic carbocycles. The third kappa shape index (κ3) is 4.36. The highest BCUT2D eigenvalue weighted by atomic mass is 32.3. The maximum atomic E-state index is 12.6. The average molecular weight is 339 g/mol. The largest absolute Gasteiger partial charge is 0.572 e. The van der Waals surface area contributed by atoms with Crippen LogP contribution >= 0.6 is 10.3 Å². The molecule has 0 aliphatic heterocycles. The van der Waals surface area contributed by atoms with Crippen molar-refractivity contribution in [2.75, 3.05) is 5.75 Å². The third-order valence-electron chi connectivity index (χ3n) is 2.95. The molecular formula is C11H22F3O4S2+. The van der Waals surface area contributed by atoms with Gasteiger partial charge in [0.25, 0.3) is 0 Å². The van der Waals surface area contributed by atoms with Gasteiger partial charge < -0.3 is 0 Å². The van der Waals surface area contributed by atoms with Crippen molar-refractivity contribution in [3.63, 3.8) is 0 Å². The number of halogens is 3. The second-order valence-corrected chi connectivity index (χ2v) is 10.7. The van der Waals surface area contributed by atoms with E-state index in [0.29, 0.717) is 0 Å². The van der Waals surface area contributed by atoms with Gasteiger partial charge in [-0.2, -0.15) is 13.2 Å². The van der Waals surface area contributed by atoms with Crippen molar-refractivity contribution in [1.29, 1.82) is 0 Å². The zero-order valence-corrected chi connectivity index (χ0v) is 13.8. The van der Waals surface area contributed by atoms with Crippen molar-refractivity contribution < 1.29 is 30.0 Å². The number of carbonyl (C=O) groups excluding carboxylic acids is 1. The highest BCUT2D eigenvalue weighted by Gasteiger charge is 2.57. The van der Waals surface area contributed by atoms with E-state index in [1.54, 1.807) is 34.6 Å². The van der Waals surface area contributed by atoms with Crippen LogP contribution in [0.2, 0.25) is 0 Å². The Morgan fingerprint density at radius 3 is 1.75 bits per heavy atom. The summed E-state index contributed by atoms with van der Waals surface area (Å²) >= 11 is 0. The summed E-state index contributed by atoms with van der Waals surface area (Å²) in [5.74, 6) is -0.503. The van der Waals surface area contributed by atoms with Gasteiger partial charge in [-0.15, -0.1) is 8.42 Å². The Labute approximate surface area is 119 Å². The lowest BCUT2D eigenvalue weighted by atomic mass is 10.4. The first-order chi connectivity index (χ1) is 8.80. The molecule has 0 spiro atoms. The van der Waals surface area contributed by atoms with Crippen LogP contribution < -0.4 is 0 Å². The Balaban J connectivity index is 5.72. The predicted octanol–water partition coefficient (Wildman–Crippen LogP) is 3.45. The first-order valence-electron chi connectivity index (χ1n) is 6.16. The molecule has 0 aromatic rings. The summed E-state index contributed by atoms with van der Waals surface area (Å²) in [7, 11) is -8.20. The second kappa shape index (κ2) is 6.65. The van der Waals surface area contributed by atoms with Gasteiger partial charge in [-0.05, 0) is 38.0 Å². The number of ketones is 1. The summed E-state index contributed by atoms with van der Waals surface area (Å²) in [6, 6.07) is 0. The summed E-state index contributed by atoms with van der Waals surface area (Å²) < 4.78 is 63.6. The Morgan fingerprint density at radius 2 is 1.50 bits per heavy atom. The summed E-state index contributed by atoms with van der Waals surface area (Å²) in [5.41, 5.74) is -5.43. The van der Waals surface area contributed by atoms with Crippen molar-refractivity contribution >= 4 is 26.2 Å². The molecule has 0 saturated carbocycles. The minimum absolute atomic E-state index is 0.149. The lowest BCUT2D eigenvalue weighted by Crippen LogP contribution is -2.38. The quantitative estimate of drug-likeness (QED) is 0.405. The zero-order valence-electron chi connectivity index (χ0n) is 12.2. The van der Waals surface area contributed by atoms with Crippen molar-refractivity contribution in [3.05, 3.63) is 0 Å². The number of rotatable bonds is 7. The molecule has 0 aromatic heterocycles. The van der Waals surface area contributed by atoms with Gasteiger partial charge >= 0.3 is 15.6 Å². The van der Waals surface area contributed by atoms with Crippen LogP contribution in [0.5, 0.6) is 0 Å². The van der Waals surface area contributed by atoms with E-state index < -0.39 is 36.4 Å². The number of carbonyl (C=O) groups is 1. The van der Waals surface area contributed by atoms with Crippen LogP contribution in [0.25, 0.3) is 0 Å². The monoisotopic (exact) mass is 339 g/mol. The molecule has 0 heterocycles. The summed E-state index contributed by atoms with van der Waals surface area (Å²) in [5, 5.41) is -0.870. The summed E-state index contributed by atoms with van der Waals surface area (Å²) in [6.07, 6.45) is 0.149. The fourth-order valence-electron chi connectivity index (χ4n) is 1.66. The molecule has 0 atom stereocenters. The van der Waals surface area contributed by atoms with Gasteiger partial charge in [-0.3, -0.25) is 8.42 Å². The normalized spacial score (nSPS) is 14.9. The van der Waals surface area contributed by atoms with Gasteiger partial charge in [-0.1, -0.05) is 6.92 Å². The smallest absolute Gasteiger partial charge is 0.299 e. The van der Waals surface area contributed by atoms with E-state index in [9.17, 15) is 26.4 Å². The van der Waals surface area contributed by atoms with E-state index in [0.717, 1.165) is 0 Å². The van der Waals surface area contributed by atoms with Crippen LogP contribution in [-0.4, -0.2) is 39.6 Å². The Kier molecular flexibility index (Phi) is 6.56. The van der Waals surface area contributed by atoms with Crippen LogP contribution in [0.15, 0.2) is 0 Å². The highest BCUT2D eigenvalue weighted by molar-refractivity contribution is 8.33. The molecule has 0 saturated heterocycles. The molecule has 122 valence electrons. The fourth-order valence-corrected chi connectivity index (χ4v) is 7.52. The molecule has 9 heteroatoms. The lowest BCUT2D eigenvalue weighted by Gasteiger charge is -2.40. The van der Waals surface area contributed by atoms with Gasteiger partial charge in [0.2, 0.25) is 0 Å². The molecule has 4 nitrogen and oxygen atoms in total. The molecule has 0 unspecified atom stereocenters. The van der Waals surface area contributed by atoms with E-state index in [4.69, 9.17) is 0 Å². The predicted molar refractivity (Wildman–Crippen MR) is 75.6 cm³/mol. The van der Waals surface area contributed by atoms with Crippen molar-refractivity contribution in [1.82, 2.24) is 0 Å². The van der Waals surface area contributed by atoms with Gasteiger partial charge in [0.1, 0.15) is 5.78 Å². The number of hydrogen-bond donors (Lipinski definition) is 0. The molecule has 1 N–H and O–H groups in total. The van der Waals surface area contributed by atoms with Crippen molar-refractivity contribution in [3.8, 4) is 0 Å². The van der Waals surface area contributed by atoms with E-state index in [2.05, 4.69) is 3.63 Å². The first kappa shape index (κ1) is 19.7. The maximum Gasteiger partial charge on any atom is 0.572 e. The van der Waals surface area contributed by atoms with Crippen LogP contribution in [-0.2, 0) is 14.9 Å². The lowest BCUT2D eigenvalue weighted by molar-refractivity contribution is -0.116. The van der Waals surface area contributed by atoms with E-state index in [1.807, 2.05) is 0 Å². The van der Waals surface area contributed by atoms with Gasteiger partial charge in [0.15, 0.2) is 0 Å². The molecule has 20 heavy (non-hydrogen) atoms. The molecule has 0 amide bonds. The SMILES string of the molecule is CCC(=O)CS([OH+]S(=O)(=O)C(F)(F)F)(C(C)C)C(C)C. The maximum absolute atomic E-state index is 12.6. The molecule has 0 rings (SSSR count). The standard InChI is InChI=1S/C11H21F3O4S2/c1-6-10(15)7-19(8(2)3,9(4)5)18-20(16,17)11(12,13)14/h8-9H,6-7H2,1-5H3/p+1. The van der Waals surface area contributed by atoms with Gasteiger partial charge in [0.05, 0.1) is 5.75 Å². The van der Waals surface area contributed by atoms with Crippen LogP contribution in [0.4, 0.5) is 13.2 Å². The molecule has 0 aliphatic rings. The molecule has 0 fully saturated rings. The van der Waals surface area contributed by atoms with Crippen molar-refractivity contribution in [2.24, 2.45) is 0 Å². The van der Waals surface area contributed by atoms with E-state index >= 15 is 0 Å². The van der Waals surface area contributed by atoms with Crippen LogP contribution in [0, 0.1) is 0 Å². The Morgan fingerprint density at radius 1 is 1.10 bits per heavy atom. The minimum Gasteiger partial charge on any atom is -0.299 e. The number of hydrogen-bond acceptors (Lipinski definition) is 3. The van der Waals surface area contributed by atoms with Crippen LogP contribution in [0.1, 0.15) is 41.0 Å². The van der Waals surface area contributed by atoms with E-state index in [1.165, 1.54) is 0 Å². The second-order valence-electron chi connectivity index (χ2n) is 4.94. The first-order valence-corrected chi connectivity index (χ1v) is 9.48. The number of Topliss-reactive ketones (excluding diaryl/α,β-unsaturated/α-hetero) is 1. The molecule has 0 aromatic carbocycles. The van der Waals surface area contributed by atoms with E-state index in [-0.39, 0.29) is 18.0 Å². The fraction of sp³-hybridized carbons (Fsp3) is 0.909. The number of alkyl halides is 3. The molecule has 0 bridgehead atoms. The highest BCUT2D eigenvalue weighted by Crippen LogP contribution is 2.57. The summed E-state index contributed by atoms with van der Waals surface area (Å²) in [4.78, 5) is 11.7. The van der Waals surface area contributed by atoms with Gasteiger partial charge in [-0.25, -0.2) is 0 Å².